The number of likely N-dealkylation sites (tertiary alicyclic amines) is 1. The Hall–Kier alpha value is -0.780. The Labute approximate surface area is 132 Å². The average Bonchev–Trinajstić information content (AvgIpc) is 2.91. The van der Waals surface area contributed by atoms with E-state index in [1.54, 1.807) is 6.20 Å². The first-order valence-corrected chi connectivity index (χ1v) is 6.72. The molecule has 5 nitrogen and oxygen atoms in total. The molecule has 2 heterocycles. The number of halogens is 2. The number of hydrogen-bond donors (Lipinski definition) is 1. The molecule has 7 heteroatoms. The van der Waals surface area contributed by atoms with Gasteiger partial charge < -0.3 is 10.6 Å². The normalized spacial score (nSPS) is 17.0. The van der Waals surface area contributed by atoms with Crippen molar-refractivity contribution in [3.05, 3.63) is 18.5 Å². The van der Waals surface area contributed by atoms with Gasteiger partial charge in [0.25, 0.3) is 0 Å². The molecule has 0 aliphatic carbocycles. The first-order chi connectivity index (χ1) is 8.70. The van der Waals surface area contributed by atoms with Crippen LogP contribution in [0.2, 0.25) is 0 Å². The van der Waals surface area contributed by atoms with Crippen LogP contribution in [0.4, 0.5) is 0 Å². The van der Waals surface area contributed by atoms with Crippen LogP contribution >= 0.6 is 24.8 Å². The van der Waals surface area contributed by atoms with Crippen LogP contribution in [-0.4, -0.2) is 39.7 Å². The third-order valence-electron chi connectivity index (χ3n) is 3.69. The largest absolute Gasteiger partial charge is 0.341 e. The van der Waals surface area contributed by atoms with Gasteiger partial charge in [-0.05, 0) is 31.2 Å². The lowest BCUT2D eigenvalue weighted by atomic mass is 9.96. The molecule has 2 N–H and O–H groups in total. The van der Waals surface area contributed by atoms with Gasteiger partial charge in [0.05, 0.1) is 6.04 Å². The summed E-state index contributed by atoms with van der Waals surface area (Å²) < 4.78 is 1.97. The molecule has 2 rings (SSSR count). The van der Waals surface area contributed by atoms with Crippen molar-refractivity contribution in [1.29, 1.82) is 0 Å². The number of piperidine rings is 1. The van der Waals surface area contributed by atoms with Crippen molar-refractivity contribution in [3.63, 3.8) is 0 Å². The lowest BCUT2D eigenvalue weighted by molar-refractivity contribution is -0.134. The maximum Gasteiger partial charge on any atom is 0.239 e. The number of nitrogens with zero attached hydrogens (tertiary/aromatic N) is 3. The monoisotopic (exact) mass is 322 g/mol. The van der Waals surface area contributed by atoms with Crippen LogP contribution in [0.1, 0.15) is 26.2 Å². The Morgan fingerprint density at radius 3 is 2.55 bits per heavy atom. The van der Waals surface area contributed by atoms with Gasteiger partial charge in [-0.2, -0.15) is 5.10 Å². The van der Waals surface area contributed by atoms with E-state index in [1.807, 2.05) is 28.8 Å². The summed E-state index contributed by atoms with van der Waals surface area (Å²) in [4.78, 5) is 13.8. The summed E-state index contributed by atoms with van der Waals surface area (Å²) in [5, 5.41) is 4.22. The van der Waals surface area contributed by atoms with Crippen molar-refractivity contribution >= 4 is 30.7 Å². The number of carbonyl (C=O) groups is 1. The number of nitrogens with two attached hydrogens (primary N) is 1. The van der Waals surface area contributed by atoms with Gasteiger partial charge in [-0.25, -0.2) is 0 Å². The lowest BCUT2D eigenvalue weighted by Gasteiger charge is -2.33. The minimum Gasteiger partial charge on any atom is -0.341 e. The molecule has 1 fully saturated rings. The maximum atomic E-state index is 11.9. The SMILES string of the molecule is CC[C@H](N)C(=O)N1CCC(Cn2cccn2)CC1.Cl.Cl. The maximum absolute atomic E-state index is 11.9. The molecule has 1 atom stereocenters. The van der Waals surface area contributed by atoms with E-state index in [1.165, 1.54) is 0 Å². The standard InChI is InChI=1S/C13H22N4O.2ClH/c1-2-12(14)13(18)16-8-4-11(5-9-16)10-17-7-3-6-15-17;;/h3,6-7,11-12H,2,4-5,8-10,14H2,1H3;2*1H/t12-;;/m0../s1. The average molecular weight is 323 g/mol. The van der Waals surface area contributed by atoms with Crippen LogP contribution in [-0.2, 0) is 11.3 Å². The second kappa shape index (κ2) is 9.21. The minimum absolute atomic E-state index is 0. The van der Waals surface area contributed by atoms with E-state index in [9.17, 15) is 4.79 Å². The summed E-state index contributed by atoms with van der Waals surface area (Å²) in [6.45, 7) is 4.57. The zero-order valence-electron chi connectivity index (χ0n) is 11.8. The number of hydrogen-bond acceptors (Lipinski definition) is 3. The van der Waals surface area contributed by atoms with Gasteiger partial charge >= 0.3 is 0 Å². The van der Waals surface area contributed by atoms with Crippen molar-refractivity contribution in [2.24, 2.45) is 11.7 Å². The van der Waals surface area contributed by atoms with E-state index in [-0.39, 0.29) is 36.8 Å². The van der Waals surface area contributed by atoms with Crippen LogP contribution < -0.4 is 5.73 Å². The molecule has 20 heavy (non-hydrogen) atoms. The molecule has 0 saturated carbocycles. The van der Waals surface area contributed by atoms with Gasteiger partial charge in [-0.15, -0.1) is 24.8 Å². The highest BCUT2D eigenvalue weighted by Crippen LogP contribution is 2.19. The number of amides is 1. The lowest BCUT2D eigenvalue weighted by Crippen LogP contribution is -2.47. The predicted molar refractivity (Wildman–Crippen MR) is 84.3 cm³/mol. The van der Waals surface area contributed by atoms with Crippen molar-refractivity contribution in [1.82, 2.24) is 14.7 Å². The Morgan fingerprint density at radius 1 is 1.40 bits per heavy atom. The van der Waals surface area contributed by atoms with Gasteiger partial charge in [0.15, 0.2) is 0 Å². The third kappa shape index (κ3) is 4.96. The molecule has 1 aromatic rings. The summed E-state index contributed by atoms with van der Waals surface area (Å²) in [7, 11) is 0. The first-order valence-electron chi connectivity index (χ1n) is 6.72. The van der Waals surface area contributed by atoms with E-state index < -0.39 is 0 Å². The van der Waals surface area contributed by atoms with Gasteiger partial charge in [0, 0.05) is 32.0 Å². The molecule has 1 aliphatic heterocycles. The van der Waals surface area contributed by atoms with Crippen LogP contribution in [0, 0.1) is 5.92 Å². The van der Waals surface area contributed by atoms with Crippen LogP contribution in [0.5, 0.6) is 0 Å². The number of carbonyl (C=O) groups excluding carboxylic acids is 1. The van der Waals surface area contributed by atoms with E-state index in [0.717, 1.165) is 32.5 Å². The van der Waals surface area contributed by atoms with E-state index >= 15 is 0 Å². The quantitative estimate of drug-likeness (QED) is 0.917. The Kier molecular flexibility index (Phi) is 8.85. The molecule has 1 aliphatic rings. The predicted octanol–water partition coefficient (Wildman–Crippen LogP) is 1.70. The van der Waals surface area contributed by atoms with Crippen LogP contribution in [0.15, 0.2) is 18.5 Å². The fraction of sp³-hybridized carbons (Fsp3) is 0.692. The van der Waals surface area contributed by atoms with Gasteiger partial charge in [-0.3, -0.25) is 9.48 Å². The summed E-state index contributed by atoms with van der Waals surface area (Å²) in [6.07, 6.45) is 6.60. The van der Waals surface area contributed by atoms with Crippen molar-refractivity contribution in [3.8, 4) is 0 Å². The van der Waals surface area contributed by atoms with Crippen LogP contribution in [0.3, 0.4) is 0 Å². The molecule has 116 valence electrons. The highest BCUT2D eigenvalue weighted by Gasteiger charge is 2.25. The molecular weight excluding hydrogens is 299 g/mol. The molecule has 0 radical (unpaired) electrons. The summed E-state index contributed by atoms with van der Waals surface area (Å²) >= 11 is 0. The highest BCUT2D eigenvalue weighted by molar-refractivity contribution is 5.85. The molecule has 0 bridgehead atoms. The Morgan fingerprint density at radius 2 is 2.05 bits per heavy atom. The van der Waals surface area contributed by atoms with E-state index in [2.05, 4.69) is 5.10 Å². The Bertz CT molecular complexity index is 378. The van der Waals surface area contributed by atoms with Gasteiger partial charge in [0.1, 0.15) is 0 Å². The highest BCUT2D eigenvalue weighted by atomic mass is 35.5. The Balaban J connectivity index is 0.00000180. The third-order valence-corrected chi connectivity index (χ3v) is 3.69. The first kappa shape index (κ1) is 19.2. The molecule has 0 aromatic carbocycles. The molecular formula is C13H24Cl2N4O. The fourth-order valence-electron chi connectivity index (χ4n) is 2.42. The second-order valence-electron chi connectivity index (χ2n) is 5.01. The van der Waals surface area contributed by atoms with Gasteiger partial charge in [0.2, 0.25) is 5.91 Å². The second-order valence-corrected chi connectivity index (χ2v) is 5.01. The summed E-state index contributed by atoms with van der Waals surface area (Å²) in [5.41, 5.74) is 5.79. The smallest absolute Gasteiger partial charge is 0.239 e. The van der Waals surface area contributed by atoms with E-state index in [0.29, 0.717) is 12.3 Å². The zero-order valence-corrected chi connectivity index (χ0v) is 13.4. The molecule has 0 spiro atoms. The number of rotatable bonds is 4. The molecule has 1 aromatic heterocycles. The summed E-state index contributed by atoms with van der Waals surface area (Å²) in [5.74, 6) is 0.724. The van der Waals surface area contributed by atoms with Crippen molar-refractivity contribution in [2.45, 2.75) is 38.8 Å². The van der Waals surface area contributed by atoms with E-state index in [4.69, 9.17) is 5.73 Å². The topological polar surface area (TPSA) is 64.2 Å². The number of aromatic nitrogens is 2. The fourth-order valence-corrected chi connectivity index (χ4v) is 2.42. The molecule has 0 unspecified atom stereocenters. The molecule has 1 amide bonds. The van der Waals surface area contributed by atoms with Gasteiger partial charge in [-0.1, -0.05) is 6.92 Å². The minimum atomic E-state index is -0.326. The summed E-state index contributed by atoms with van der Waals surface area (Å²) in [6, 6.07) is 1.62. The zero-order chi connectivity index (χ0) is 13.0. The van der Waals surface area contributed by atoms with Crippen molar-refractivity contribution < 1.29 is 4.79 Å². The van der Waals surface area contributed by atoms with Crippen molar-refractivity contribution in [2.75, 3.05) is 13.1 Å². The molecule has 1 saturated heterocycles. The van der Waals surface area contributed by atoms with Crippen LogP contribution in [0.25, 0.3) is 0 Å².